The molecule has 1 aromatic carbocycles. The summed E-state index contributed by atoms with van der Waals surface area (Å²) in [6.45, 7) is 3.62. The highest BCUT2D eigenvalue weighted by Gasteiger charge is 2.29. The van der Waals surface area contributed by atoms with Crippen LogP contribution in [-0.4, -0.2) is 22.6 Å². The predicted octanol–water partition coefficient (Wildman–Crippen LogP) is 4.63. The third-order valence-electron chi connectivity index (χ3n) is 5.09. The minimum atomic E-state index is -0.589. The third kappa shape index (κ3) is 4.36. The Morgan fingerprint density at radius 3 is 2.68 bits per heavy atom. The highest BCUT2D eigenvalue weighted by Crippen LogP contribution is 2.31. The molecule has 0 spiro atoms. The van der Waals surface area contributed by atoms with Crippen LogP contribution in [0.5, 0.6) is 5.75 Å². The summed E-state index contributed by atoms with van der Waals surface area (Å²) in [5.74, 6) is 0.265. The molecule has 3 aromatic rings. The van der Waals surface area contributed by atoms with E-state index < -0.39 is 5.97 Å². The SMILES string of the molecule is Cc1cc(OC(=O)c2oc3c(c2C)/C(=N/NC(=O)c2ccncc2)CCC3)ccc1Cl. The molecule has 7 nitrogen and oxygen atoms in total. The van der Waals surface area contributed by atoms with Gasteiger partial charge in [0.15, 0.2) is 0 Å². The number of fused-ring (bicyclic) bond motifs is 1. The first-order valence-corrected chi connectivity index (χ1v) is 10.2. The van der Waals surface area contributed by atoms with Gasteiger partial charge < -0.3 is 9.15 Å². The van der Waals surface area contributed by atoms with Gasteiger partial charge in [-0.2, -0.15) is 5.10 Å². The van der Waals surface area contributed by atoms with Crippen molar-refractivity contribution >= 4 is 29.2 Å². The van der Waals surface area contributed by atoms with Crippen LogP contribution < -0.4 is 10.2 Å². The van der Waals surface area contributed by atoms with Gasteiger partial charge in [-0.1, -0.05) is 11.6 Å². The third-order valence-corrected chi connectivity index (χ3v) is 5.51. The molecule has 1 aliphatic rings. The number of rotatable bonds is 4. The molecule has 2 heterocycles. The molecule has 0 bridgehead atoms. The average Bonchev–Trinajstić information content (AvgIpc) is 3.12. The van der Waals surface area contributed by atoms with Crippen LogP contribution >= 0.6 is 11.6 Å². The van der Waals surface area contributed by atoms with Gasteiger partial charge in [0.1, 0.15) is 11.5 Å². The second-order valence-corrected chi connectivity index (χ2v) is 7.65. The fourth-order valence-electron chi connectivity index (χ4n) is 3.49. The van der Waals surface area contributed by atoms with Crippen LogP contribution in [0.25, 0.3) is 0 Å². The number of ether oxygens (including phenoxy) is 1. The molecular formula is C23H20ClN3O4. The van der Waals surface area contributed by atoms with Crippen molar-refractivity contribution in [2.45, 2.75) is 33.1 Å². The summed E-state index contributed by atoms with van der Waals surface area (Å²) in [6.07, 6.45) is 5.23. The number of benzene rings is 1. The molecule has 0 aliphatic heterocycles. The van der Waals surface area contributed by atoms with Crippen molar-refractivity contribution in [3.63, 3.8) is 0 Å². The van der Waals surface area contributed by atoms with Crippen LogP contribution in [0.15, 0.2) is 52.2 Å². The predicted molar refractivity (Wildman–Crippen MR) is 116 cm³/mol. The summed E-state index contributed by atoms with van der Waals surface area (Å²) >= 11 is 6.03. The molecule has 1 amide bonds. The van der Waals surface area contributed by atoms with E-state index in [1.54, 1.807) is 49.6 Å². The van der Waals surface area contributed by atoms with Crippen molar-refractivity contribution in [3.8, 4) is 5.75 Å². The molecule has 0 radical (unpaired) electrons. The van der Waals surface area contributed by atoms with Gasteiger partial charge in [0.25, 0.3) is 5.91 Å². The Bertz CT molecular complexity index is 1190. The van der Waals surface area contributed by atoms with Crippen molar-refractivity contribution in [3.05, 3.63) is 81.5 Å². The maximum Gasteiger partial charge on any atom is 0.379 e. The normalized spacial score (nSPS) is 14.2. The van der Waals surface area contributed by atoms with E-state index in [1.807, 2.05) is 6.92 Å². The van der Waals surface area contributed by atoms with Crippen LogP contribution in [0.2, 0.25) is 5.02 Å². The van der Waals surface area contributed by atoms with Gasteiger partial charge >= 0.3 is 5.97 Å². The Labute approximate surface area is 184 Å². The van der Waals surface area contributed by atoms with Gasteiger partial charge in [0.05, 0.1) is 5.71 Å². The second kappa shape index (κ2) is 8.73. The molecule has 1 N–H and O–H groups in total. The van der Waals surface area contributed by atoms with E-state index in [9.17, 15) is 9.59 Å². The summed E-state index contributed by atoms with van der Waals surface area (Å²) in [4.78, 5) is 28.9. The molecule has 0 fully saturated rings. The van der Waals surface area contributed by atoms with E-state index in [0.29, 0.717) is 46.2 Å². The molecule has 31 heavy (non-hydrogen) atoms. The standard InChI is InChI=1S/C23H20ClN3O4/c1-13-12-16(6-7-17(13)24)30-23(29)21-14(2)20-18(4-3-5-19(20)31-21)26-27-22(28)15-8-10-25-11-9-15/h6-12H,3-5H2,1-2H3,(H,27,28)/b26-18+. The molecule has 2 aromatic heterocycles. The van der Waals surface area contributed by atoms with Crippen LogP contribution in [-0.2, 0) is 6.42 Å². The molecular weight excluding hydrogens is 418 g/mol. The van der Waals surface area contributed by atoms with Crippen molar-refractivity contribution in [2.75, 3.05) is 0 Å². The van der Waals surface area contributed by atoms with Gasteiger partial charge in [-0.15, -0.1) is 0 Å². The smallest absolute Gasteiger partial charge is 0.379 e. The number of carbonyl (C=O) groups excluding carboxylic acids is 2. The quantitative estimate of drug-likeness (QED) is 0.364. The number of hydrazone groups is 1. The Morgan fingerprint density at radius 1 is 1.16 bits per heavy atom. The van der Waals surface area contributed by atoms with Gasteiger partial charge in [-0.3, -0.25) is 9.78 Å². The molecule has 0 saturated heterocycles. The van der Waals surface area contributed by atoms with E-state index in [-0.39, 0.29) is 11.7 Å². The largest absolute Gasteiger partial charge is 0.453 e. The molecule has 1 aliphatic carbocycles. The highest BCUT2D eigenvalue weighted by atomic mass is 35.5. The Kier molecular flexibility index (Phi) is 5.86. The van der Waals surface area contributed by atoms with E-state index >= 15 is 0 Å². The lowest BCUT2D eigenvalue weighted by molar-refractivity contribution is 0.0698. The van der Waals surface area contributed by atoms with Gasteiger partial charge in [0, 0.05) is 40.5 Å². The lowest BCUT2D eigenvalue weighted by atomic mass is 9.93. The number of esters is 1. The average molecular weight is 438 g/mol. The first-order chi connectivity index (χ1) is 14.9. The second-order valence-electron chi connectivity index (χ2n) is 7.24. The first-order valence-electron chi connectivity index (χ1n) is 9.82. The maximum atomic E-state index is 12.7. The number of furan rings is 1. The van der Waals surface area contributed by atoms with E-state index in [4.69, 9.17) is 20.8 Å². The fourth-order valence-corrected chi connectivity index (χ4v) is 3.61. The zero-order valence-electron chi connectivity index (χ0n) is 17.1. The lowest BCUT2D eigenvalue weighted by Crippen LogP contribution is -2.22. The van der Waals surface area contributed by atoms with Gasteiger partial charge in [0.2, 0.25) is 5.76 Å². The summed E-state index contributed by atoms with van der Waals surface area (Å²) in [6, 6.07) is 8.22. The summed E-state index contributed by atoms with van der Waals surface area (Å²) in [5, 5.41) is 4.91. The minimum absolute atomic E-state index is 0.132. The lowest BCUT2D eigenvalue weighted by Gasteiger charge is -2.13. The number of nitrogens with zero attached hydrogens (tertiary/aromatic N) is 2. The van der Waals surface area contributed by atoms with Crippen LogP contribution in [0.1, 0.15) is 56.2 Å². The number of hydrogen-bond donors (Lipinski definition) is 1. The number of nitrogens with one attached hydrogen (secondary N) is 1. The van der Waals surface area contributed by atoms with Crippen molar-refractivity contribution < 1.29 is 18.7 Å². The summed E-state index contributed by atoms with van der Waals surface area (Å²) in [5.41, 5.74) is 5.91. The number of halogens is 1. The van der Waals surface area contributed by atoms with Crippen molar-refractivity contribution in [1.29, 1.82) is 0 Å². The van der Waals surface area contributed by atoms with Crippen molar-refractivity contribution in [1.82, 2.24) is 10.4 Å². The number of pyridine rings is 1. The fraction of sp³-hybridized carbons (Fsp3) is 0.217. The number of amides is 1. The van der Waals surface area contributed by atoms with Crippen LogP contribution in [0.3, 0.4) is 0 Å². The Morgan fingerprint density at radius 2 is 1.94 bits per heavy atom. The van der Waals surface area contributed by atoms with E-state index in [0.717, 1.165) is 17.5 Å². The van der Waals surface area contributed by atoms with Crippen molar-refractivity contribution in [2.24, 2.45) is 5.10 Å². The highest BCUT2D eigenvalue weighted by molar-refractivity contribution is 6.31. The molecule has 8 heteroatoms. The zero-order valence-corrected chi connectivity index (χ0v) is 17.8. The number of carbonyl (C=O) groups is 2. The van der Waals surface area contributed by atoms with E-state index in [1.165, 1.54) is 0 Å². The minimum Gasteiger partial charge on any atom is -0.453 e. The van der Waals surface area contributed by atoms with E-state index in [2.05, 4.69) is 15.5 Å². The van der Waals surface area contributed by atoms with Crippen LogP contribution in [0.4, 0.5) is 0 Å². The Balaban J connectivity index is 1.57. The van der Waals surface area contributed by atoms with Gasteiger partial charge in [-0.25, -0.2) is 10.2 Å². The molecule has 0 atom stereocenters. The first kappa shape index (κ1) is 20.8. The summed E-state index contributed by atoms with van der Waals surface area (Å²) in [7, 11) is 0. The molecule has 0 saturated carbocycles. The number of aryl methyl sites for hydroxylation is 2. The number of aromatic nitrogens is 1. The zero-order chi connectivity index (χ0) is 22.0. The maximum absolute atomic E-state index is 12.7. The number of hydrogen-bond acceptors (Lipinski definition) is 6. The summed E-state index contributed by atoms with van der Waals surface area (Å²) < 4.78 is 11.3. The molecule has 4 rings (SSSR count). The molecule has 158 valence electrons. The Hall–Kier alpha value is -3.45. The monoisotopic (exact) mass is 437 g/mol. The topological polar surface area (TPSA) is 93.8 Å². The molecule has 0 unspecified atom stereocenters. The van der Waals surface area contributed by atoms with Crippen LogP contribution in [0, 0.1) is 13.8 Å². The van der Waals surface area contributed by atoms with Gasteiger partial charge in [-0.05, 0) is 62.6 Å².